The van der Waals surface area contributed by atoms with Crippen molar-refractivity contribution in [1.29, 1.82) is 0 Å². The van der Waals surface area contributed by atoms with E-state index in [0.717, 1.165) is 56.2 Å². The third-order valence-electron chi connectivity index (χ3n) is 4.67. The number of benzene rings is 1. The molecule has 0 unspecified atom stereocenters. The lowest BCUT2D eigenvalue weighted by molar-refractivity contribution is 0.122. The second-order valence-corrected chi connectivity index (χ2v) is 7.04. The number of morpholine rings is 1. The number of allylic oxidation sites excluding steroid dienone is 2. The van der Waals surface area contributed by atoms with Crippen molar-refractivity contribution >= 4 is 11.5 Å². The van der Waals surface area contributed by atoms with Crippen LogP contribution in [-0.2, 0) is 11.3 Å². The molecule has 0 bridgehead atoms. The van der Waals surface area contributed by atoms with Gasteiger partial charge in [-0.25, -0.2) is 0 Å². The molecule has 3 rings (SSSR count). The predicted molar refractivity (Wildman–Crippen MR) is 116 cm³/mol. The zero-order valence-electron chi connectivity index (χ0n) is 17.6. The van der Waals surface area contributed by atoms with Crippen LogP contribution in [-0.4, -0.2) is 31.3 Å². The Labute approximate surface area is 173 Å². The summed E-state index contributed by atoms with van der Waals surface area (Å²) in [6.07, 6.45) is 3.83. The molecule has 1 aliphatic rings. The summed E-state index contributed by atoms with van der Waals surface area (Å²) in [4.78, 5) is 6.84. The third kappa shape index (κ3) is 6.39. The van der Waals surface area contributed by atoms with E-state index in [1.54, 1.807) is 0 Å². The van der Waals surface area contributed by atoms with Crippen molar-refractivity contribution in [2.45, 2.75) is 40.2 Å². The quantitative estimate of drug-likeness (QED) is 0.432. The van der Waals surface area contributed by atoms with Gasteiger partial charge in [-0.1, -0.05) is 43.7 Å². The third-order valence-corrected chi connectivity index (χ3v) is 4.67. The van der Waals surface area contributed by atoms with Crippen LogP contribution in [0.2, 0.25) is 0 Å². The number of aromatic nitrogens is 1. The van der Waals surface area contributed by atoms with Crippen molar-refractivity contribution in [2.75, 3.05) is 31.2 Å². The van der Waals surface area contributed by atoms with Gasteiger partial charge in [-0.2, -0.15) is 10.1 Å². The smallest absolute Gasteiger partial charge is 0.222 e. The SMILES string of the molecule is CCC=C(CC)Oc1cc(N2CCOCC2)cc(N=NCc2cccc(C)c2)n1. The Kier molecular flexibility index (Phi) is 7.76. The van der Waals surface area contributed by atoms with Gasteiger partial charge < -0.3 is 14.4 Å². The summed E-state index contributed by atoms with van der Waals surface area (Å²) in [5.74, 6) is 2.03. The van der Waals surface area contributed by atoms with Crippen LogP contribution in [0, 0.1) is 6.92 Å². The van der Waals surface area contributed by atoms with Crippen molar-refractivity contribution in [3.8, 4) is 5.88 Å². The Bertz CT molecular complexity index is 858. The minimum Gasteiger partial charge on any atom is -0.444 e. The van der Waals surface area contributed by atoms with E-state index in [1.165, 1.54) is 5.56 Å². The molecule has 0 N–H and O–H groups in total. The Hall–Kier alpha value is -2.73. The number of rotatable bonds is 8. The highest BCUT2D eigenvalue weighted by molar-refractivity contribution is 5.55. The van der Waals surface area contributed by atoms with Gasteiger partial charge in [0, 0.05) is 37.3 Å². The lowest BCUT2D eigenvalue weighted by atomic mass is 10.1. The van der Waals surface area contributed by atoms with Crippen LogP contribution in [0.15, 0.2) is 58.5 Å². The number of hydrogen-bond donors (Lipinski definition) is 0. The zero-order valence-corrected chi connectivity index (χ0v) is 17.6. The van der Waals surface area contributed by atoms with E-state index in [-0.39, 0.29) is 0 Å². The number of pyridine rings is 1. The maximum Gasteiger partial charge on any atom is 0.222 e. The molecule has 1 aromatic carbocycles. The van der Waals surface area contributed by atoms with E-state index in [1.807, 2.05) is 18.2 Å². The molecule has 2 heterocycles. The second kappa shape index (κ2) is 10.7. The predicted octanol–water partition coefficient (Wildman–Crippen LogP) is 5.59. The molecular weight excluding hydrogens is 364 g/mol. The number of hydrogen-bond acceptors (Lipinski definition) is 6. The molecule has 1 saturated heterocycles. The second-order valence-electron chi connectivity index (χ2n) is 7.04. The Balaban J connectivity index is 1.82. The minimum atomic E-state index is 0.525. The molecular formula is C23H30N4O2. The van der Waals surface area contributed by atoms with Crippen molar-refractivity contribution in [3.05, 3.63) is 59.4 Å². The van der Waals surface area contributed by atoms with Crippen LogP contribution < -0.4 is 9.64 Å². The molecule has 6 heteroatoms. The van der Waals surface area contributed by atoms with Gasteiger partial charge in [-0.15, -0.1) is 5.11 Å². The van der Waals surface area contributed by atoms with Gasteiger partial charge in [0.25, 0.3) is 0 Å². The largest absolute Gasteiger partial charge is 0.444 e. The van der Waals surface area contributed by atoms with Gasteiger partial charge in [-0.3, -0.25) is 0 Å². The molecule has 29 heavy (non-hydrogen) atoms. The van der Waals surface area contributed by atoms with Crippen LogP contribution >= 0.6 is 0 Å². The van der Waals surface area contributed by atoms with Crippen LogP contribution in [0.3, 0.4) is 0 Å². The first-order valence-electron chi connectivity index (χ1n) is 10.3. The fraction of sp³-hybridized carbons (Fsp3) is 0.435. The van der Waals surface area contributed by atoms with Crippen molar-refractivity contribution in [3.63, 3.8) is 0 Å². The molecule has 0 spiro atoms. The monoisotopic (exact) mass is 394 g/mol. The maximum absolute atomic E-state index is 6.05. The van der Waals surface area contributed by atoms with E-state index in [2.05, 4.69) is 65.2 Å². The van der Waals surface area contributed by atoms with Gasteiger partial charge in [0.15, 0.2) is 5.82 Å². The molecule has 0 atom stereocenters. The van der Waals surface area contributed by atoms with Crippen LogP contribution in [0.1, 0.15) is 37.8 Å². The summed E-state index contributed by atoms with van der Waals surface area (Å²) in [6.45, 7) is 9.90. The van der Waals surface area contributed by atoms with Crippen LogP contribution in [0.25, 0.3) is 0 Å². The molecule has 2 aromatic rings. The molecule has 0 saturated carbocycles. The van der Waals surface area contributed by atoms with E-state index in [9.17, 15) is 0 Å². The minimum absolute atomic E-state index is 0.525. The highest BCUT2D eigenvalue weighted by Gasteiger charge is 2.14. The molecule has 0 amide bonds. The average molecular weight is 395 g/mol. The fourth-order valence-corrected chi connectivity index (χ4v) is 3.21. The normalized spacial score (nSPS) is 15.1. The molecule has 1 fully saturated rings. The van der Waals surface area contributed by atoms with E-state index in [4.69, 9.17) is 9.47 Å². The van der Waals surface area contributed by atoms with Gasteiger partial charge in [-0.05, 0) is 25.0 Å². The summed E-state index contributed by atoms with van der Waals surface area (Å²) < 4.78 is 11.5. The molecule has 0 aliphatic carbocycles. The number of nitrogens with zero attached hydrogens (tertiary/aromatic N) is 4. The number of aryl methyl sites for hydroxylation is 1. The summed E-state index contributed by atoms with van der Waals surface area (Å²) >= 11 is 0. The maximum atomic E-state index is 6.05. The van der Waals surface area contributed by atoms with E-state index in [0.29, 0.717) is 18.2 Å². The molecule has 154 valence electrons. The van der Waals surface area contributed by atoms with Gasteiger partial charge in [0.1, 0.15) is 5.76 Å². The molecule has 1 aliphatic heterocycles. The first-order valence-corrected chi connectivity index (χ1v) is 10.3. The van der Waals surface area contributed by atoms with Crippen LogP contribution in [0.4, 0.5) is 11.5 Å². The Morgan fingerprint density at radius 2 is 2.03 bits per heavy atom. The highest BCUT2D eigenvalue weighted by Crippen LogP contribution is 2.28. The van der Waals surface area contributed by atoms with Gasteiger partial charge >= 0.3 is 0 Å². The number of azo groups is 1. The Morgan fingerprint density at radius 1 is 1.21 bits per heavy atom. The Morgan fingerprint density at radius 3 is 2.76 bits per heavy atom. The summed E-state index contributed by atoms with van der Waals surface area (Å²) in [5.41, 5.74) is 3.39. The molecule has 6 nitrogen and oxygen atoms in total. The van der Waals surface area contributed by atoms with Crippen molar-refractivity contribution < 1.29 is 9.47 Å². The van der Waals surface area contributed by atoms with Crippen LogP contribution in [0.5, 0.6) is 5.88 Å². The van der Waals surface area contributed by atoms with Crippen molar-refractivity contribution in [1.82, 2.24) is 4.98 Å². The molecule has 1 aromatic heterocycles. The summed E-state index contributed by atoms with van der Waals surface area (Å²) in [6, 6.07) is 12.2. The summed E-state index contributed by atoms with van der Waals surface area (Å²) in [5, 5.41) is 8.75. The van der Waals surface area contributed by atoms with E-state index >= 15 is 0 Å². The highest BCUT2D eigenvalue weighted by atomic mass is 16.5. The number of ether oxygens (including phenoxy) is 2. The molecule has 0 radical (unpaired) electrons. The van der Waals surface area contributed by atoms with Gasteiger partial charge in [0.05, 0.1) is 19.8 Å². The standard InChI is InChI=1S/C23H30N4O2/c1-4-7-21(5-2)29-23-16-20(27-10-12-28-13-11-27)15-22(25-23)26-24-17-19-9-6-8-18(3)14-19/h6-9,14-16H,4-5,10-13,17H2,1-3H3. The topological polar surface area (TPSA) is 59.3 Å². The first-order chi connectivity index (χ1) is 14.2. The first kappa shape index (κ1) is 21.0. The van der Waals surface area contributed by atoms with E-state index < -0.39 is 0 Å². The fourth-order valence-electron chi connectivity index (χ4n) is 3.21. The number of anilines is 1. The van der Waals surface area contributed by atoms with Crippen molar-refractivity contribution in [2.24, 2.45) is 10.2 Å². The van der Waals surface area contributed by atoms with Gasteiger partial charge in [0.2, 0.25) is 5.88 Å². The summed E-state index contributed by atoms with van der Waals surface area (Å²) in [7, 11) is 0. The lowest BCUT2D eigenvalue weighted by Gasteiger charge is -2.29. The zero-order chi connectivity index (χ0) is 20.5. The average Bonchev–Trinajstić information content (AvgIpc) is 2.74. The lowest BCUT2D eigenvalue weighted by Crippen LogP contribution is -2.36.